The number of fused-ring (bicyclic) bond motifs is 1. The molecule has 2 aromatic heterocycles. The Morgan fingerprint density at radius 2 is 1.97 bits per heavy atom. The van der Waals surface area contributed by atoms with E-state index in [9.17, 15) is 13.9 Å². The molecule has 0 fully saturated rings. The van der Waals surface area contributed by atoms with Crippen molar-refractivity contribution in [1.29, 1.82) is 0 Å². The minimum absolute atomic E-state index is 0.0566. The van der Waals surface area contributed by atoms with Crippen molar-refractivity contribution in [1.82, 2.24) is 24.5 Å². The van der Waals surface area contributed by atoms with E-state index < -0.39 is 23.3 Å². The van der Waals surface area contributed by atoms with Crippen LogP contribution in [0.3, 0.4) is 0 Å². The fourth-order valence-corrected chi connectivity index (χ4v) is 3.92. The van der Waals surface area contributed by atoms with Gasteiger partial charge in [-0.15, -0.1) is 0 Å². The summed E-state index contributed by atoms with van der Waals surface area (Å²) in [6.07, 6.45) is 2.75. The summed E-state index contributed by atoms with van der Waals surface area (Å²) in [4.78, 5) is 3.89. The van der Waals surface area contributed by atoms with Crippen LogP contribution in [0.15, 0.2) is 43.0 Å². The third-order valence-electron chi connectivity index (χ3n) is 5.50. The van der Waals surface area contributed by atoms with Crippen LogP contribution in [-0.4, -0.2) is 29.7 Å². The second-order valence-corrected chi connectivity index (χ2v) is 7.87. The molecule has 0 aliphatic carbocycles. The van der Waals surface area contributed by atoms with Gasteiger partial charge in [-0.25, -0.2) is 18.4 Å². The van der Waals surface area contributed by atoms with Crippen LogP contribution >= 0.6 is 11.6 Å². The van der Waals surface area contributed by atoms with Crippen LogP contribution in [0.1, 0.15) is 29.8 Å². The Hall–Kier alpha value is -2.84. The van der Waals surface area contributed by atoms with Crippen molar-refractivity contribution in [3.8, 4) is 0 Å². The van der Waals surface area contributed by atoms with Crippen molar-refractivity contribution in [3.63, 3.8) is 0 Å². The van der Waals surface area contributed by atoms with Gasteiger partial charge in [-0.1, -0.05) is 17.7 Å². The number of hydrogen-bond donors (Lipinski definition) is 1. The average Bonchev–Trinajstić information content (AvgIpc) is 3.30. The van der Waals surface area contributed by atoms with Gasteiger partial charge < -0.3 is 5.11 Å². The summed E-state index contributed by atoms with van der Waals surface area (Å²) in [6, 6.07) is 6.09. The van der Waals surface area contributed by atoms with Crippen LogP contribution in [0.5, 0.6) is 0 Å². The minimum atomic E-state index is -1.80. The Kier molecular flexibility index (Phi) is 5.07. The van der Waals surface area contributed by atoms with Crippen molar-refractivity contribution in [3.05, 3.63) is 76.5 Å². The van der Waals surface area contributed by atoms with Gasteiger partial charge in [-0.2, -0.15) is 10.2 Å². The molecular weight excluding hydrogens is 412 g/mol. The van der Waals surface area contributed by atoms with Crippen molar-refractivity contribution < 1.29 is 13.9 Å². The molecule has 1 N–H and O–H groups in total. The van der Waals surface area contributed by atoms with E-state index in [4.69, 9.17) is 11.6 Å². The molecule has 0 unspecified atom stereocenters. The maximum Gasteiger partial charge on any atom is 0.137 e. The van der Waals surface area contributed by atoms with Gasteiger partial charge in [0.2, 0.25) is 0 Å². The molecule has 2 heterocycles. The maximum atomic E-state index is 14.8. The lowest BCUT2D eigenvalue weighted by atomic mass is 9.86. The highest BCUT2D eigenvalue weighted by Gasteiger charge is 2.41. The van der Waals surface area contributed by atoms with Gasteiger partial charge in [0.15, 0.2) is 0 Å². The highest BCUT2D eigenvalue weighted by Crippen LogP contribution is 2.39. The number of aryl methyl sites for hydroxylation is 2. The van der Waals surface area contributed by atoms with Crippen LogP contribution in [0.2, 0.25) is 5.02 Å². The normalized spacial score (nSPS) is 14.8. The Bertz CT molecular complexity index is 1220. The molecule has 0 saturated carbocycles. The van der Waals surface area contributed by atoms with Gasteiger partial charge in [0.25, 0.3) is 0 Å². The summed E-state index contributed by atoms with van der Waals surface area (Å²) < 4.78 is 31.4. The van der Waals surface area contributed by atoms with Gasteiger partial charge in [0.1, 0.15) is 29.9 Å². The SMILES string of the molecule is Cc1cc2c(cc1Cl)c(C)nn2[C@H](C)[C@](O)(Cn1cncn1)c1ccc(F)cc1F. The first-order chi connectivity index (χ1) is 14.2. The topological polar surface area (TPSA) is 68.8 Å². The van der Waals surface area contributed by atoms with E-state index >= 15 is 0 Å². The highest BCUT2D eigenvalue weighted by atomic mass is 35.5. The first-order valence-corrected chi connectivity index (χ1v) is 9.74. The van der Waals surface area contributed by atoms with Crippen LogP contribution < -0.4 is 0 Å². The number of aliphatic hydroxyl groups is 1. The van der Waals surface area contributed by atoms with E-state index in [1.54, 1.807) is 11.6 Å². The number of benzene rings is 2. The molecule has 0 spiro atoms. The van der Waals surface area contributed by atoms with Crippen molar-refractivity contribution in [2.24, 2.45) is 0 Å². The number of aromatic nitrogens is 5. The molecule has 0 aliphatic heterocycles. The highest BCUT2D eigenvalue weighted by molar-refractivity contribution is 6.32. The summed E-state index contributed by atoms with van der Waals surface area (Å²) in [5.41, 5.74) is 0.469. The lowest BCUT2D eigenvalue weighted by Gasteiger charge is -2.35. The zero-order chi connectivity index (χ0) is 21.6. The first kappa shape index (κ1) is 20.4. The van der Waals surface area contributed by atoms with E-state index in [1.165, 1.54) is 23.4 Å². The van der Waals surface area contributed by atoms with Gasteiger partial charge in [0.05, 0.1) is 23.8 Å². The van der Waals surface area contributed by atoms with Crippen LogP contribution in [0, 0.1) is 25.5 Å². The van der Waals surface area contributed by atoms with E-state index in [-0.39, 0.29) is 12.1 Å². The minimum Gasteiger partial charge on any atom is -0.381 e. The summed E-state index contributed by atoms with van der Waals surface area (Å²) in [6.45, 7) is 5.34. The summed E-state index contributed by atoms with van der Waals surface area (Å²) in [7, 11) is 0. The van der Waals surface area contributed by atoms with Gasteiger partial charge in [-0.05, 0) is 44.5 Å². The molecule has 0 aliphatic rings. The van der Waals surface area contributed by atoms with Crippen LogP contribution in [-0.2, 0) is 12.1 Å². The summed E-state index contributed by atoms with van der Waals surface area (Å²) in [5.74, 6) is -1.57. The molecule has 4 aromatic rings. The average molecular weight is 432 g/mol. The first-order valence-electron chi connectivity index (χ1n) is 9.36. The standard InChI is InChI=1S/C21H20ClF2N5O/c1-12-6-20-16(8-18(12)22)13(2)27-29(20)14(3)21(30,9-28-11-25-10-26-28)17-5-4-15(23)7-19(17)24/h4-8,10-11,14,30H,9H2,1-3H3/t14-,21-/m1/s1. The van der Waals surface area contributed by atoms with Crippen molar-refractivity contribution in [2.75, 3.05) is 0 Å². The quantitative estimate of drug-likeness (QED) is 0.510. The zero-order valence-electron chi connectivity index (χ0n) is 16.6. The fourth-order valence-electron chi connectivity index (χ4n) is 3.76. The van der Waals surface area contributed by atoms with Gasteiger partial charge >= 0.3 is 0 Å². The molecule has 156 valence electrons. The lowest BCUT2D eigenvalue weighted by Crippen LogP contribution is -2.41. The largest absolute Gasteiger partial charge is 0.381 e. The molecule has 2 atom stereocenters. The summed E-state index contributed by atoms with van der Waals surface area (Å²) >= 11 is 6.27. The molecule has 0 amide bonds. The van der Waals surface area contributed by atoms with Crippen LogP contribution in [0.4, 0.5) is 8.78 Å². The van der Waals surface area contributed by atoms with E-state index in [2.05, 4.69) is 15.2 Å². The molecule has 0 saturated heterocycles. The molecule has 9 heteroatoms. The van der Waals surface area contributed by atoms with Crippen molar-refractivity contribution >= 4 is 22.5 Å². The number of hydrogen-bond acceptors (Lipinski definition) is 4. The Labute approximate surface area is 176 Å². The summed E-state index contributed by atoms with van der Waals surface area (Å²) in [5, 5.41) is 21.9. The molecule has 2 aromatic carbocycles. The molecule has 0 bridgehead atoms. The third kappa shape index (κ3) is 3.36. The second-order valence-electron chi connectivity index (χ2n) is 7.47. The van der Waals surface area contributed by atoms with E-state index in [0.29, 0.717) is 5.02 Å². The molecule has 6 nitrogen and oxygen atoms in total. The number of nitrogens with zero attached hydrogens (tertiary/aromatic N) is 5. The van der Waals surface area contributed by atoms with E-state index in [0.717, 1.165) is 34.3 Å². The second kappa shape index (κ2) is 7.45. The fraction of sp³-hybridized carbons (Fsp3) is 0.286. The molecule has 4 rings (SSSR count). The van der Waals surface area contributed by atoms with Crippen molar-refractivity contribution in [2.45, 2.75) is 39.0 Å². The van der Waals surface area contributed by atoms with Gasteiger partial charge in [0, 0.05) is 22.0 Å². The molecular formula is C21H20ClF2N5O. The maximum absolute atomic E-state index is 14.8. The smallest absolute Gasteiger partial charge is 0.137 e. The lowest BCUT2D eigenvalue weighted by molar-refractivity contribution is -0.0355. The Morgan fingerprint density at radius 1 is 1.20 bits per heavy atom. The predicted molar refractivity (Wildman–Crippen MR) is 109 cm³/mol. The molecule has 30 heavy (non-hydrogen) atoms. The third-order valence-corrected chi connectivity index (χ3v) is 5.90. The Morgan fingerprint density at radius 3 is 2.63 bits per heavy atom. The monoisotopic (exact) mass is 431 g/mol. The zero-order valence-corrected chi connectivity index (χ0v) is 17.4. The Balaban J connectivity index is 1.91. The number of halogens is 3. The number of rotatable bonds is 5. The molecule has 0 radical (unpaired) electrons. The van der Waals surface area contributed by atoms with Gasteiger partial charge in [-0.3, -0.25) is 4.68 Å². The van der Waals surface area contributed by atoms with E-state index in [1.807, 2.05) is 26.0 Å². The predicted octanol–water partition coefficient (Wildman–Crippen LogP) is 4.33. The van der Waals surface area contributed by atoms with Crippen LogP contribution in [0.25, 0.3) is 10.9 Å².